The Bertz CT molecular complexity index is 377. The van der Waals surface area contributed by atoms with Crippen molar-refractivity contribution >= 4 is 17.6 Å². The number of rotatable bonds is 3. The van der Waals surface area contributed by atoms with Gasteiger partial charge in [0.25, 0.3) is 0 Å². The highest BCUT2D eigenvalue weighted by Crippen LogP contribution is 2.32. The minimum atomic E-state index is -0.797. The maximum Gasteiger partial charge on any atom is 0.311 e. The Hall–Kier alpha value is -1.06. The molecule has 2 N–H and O–H groups in total. The molecule has 0 aromatic heterocycles. The average Bonchev–Trinajstić information content (AvgIpc) is 2.12. The number of carboxylic acid groups (broad SMARTS) is 1. The Balaban J connectivity index is 2.32. The van der Waals surface area contributed by atoms with Crippen LogP contribution in [0, 0.1) is 5.92 Å². The molecule has 1 aromatic carbocycles. The molecule has 4 heteroatoms. The predicted octanol–water partition coefficient (Wildman–Crippen LogP) is 1.73. The number of hydrogen-bond acceptors (Lipinski definition) is 2. The van der Waals surface area contributed by atoms with E-state index in [0.29, 0.717) is 5.02 Å². The molecule has 0 aliphatic carbocycles. The van der Waals surface area contributed by atoms with Gasteiger partial charge in [0.2, 0.25) is 0 Å². The van der Waals surface area contributed by atoms with Crippen molar-refractivity contribution in [3.8, 4) is 0 Å². The molecule has 1 saturated heterocycles. The Morgan fingerprint density at radius 1 is 1.47 bits per heavy atom. The summed E-state index contributed by atoms with van der Waals surface area (Å²) < 4.78 is 0. The van der Waals surface area contributed by atoms with Crippen LogP contribution in [0.15, 0.2) is 24.3 Å². The van der Waals surface area contributed by atoms with E-state index >= 15 is 0 Å². The van der Waals surface area contributed by atoms with Gasteiger partial charge in [0.15, 0.2) is 0 Å². The van der Waals surface area contributed by atoms with Gasteiger partial charge in [0.1, 0.15) is 0 Å². The highest BCUT2D eigenvalue weighted by molar-refractivity contribution is 6.31. The van der Waals surface area contributed by atoms with Crippen LogP contribution in [0.4, 0.5) is 0 Å². The molecule has 1 atom stereocenters. The van der Waals surface area contributed by atoms with Crippen molar-refractivity contribution in [3.63, 3.8) is 0 Å². The van der Waals surface area contributed by atoms with Gasteiger partial charge in [-0.1, -0.05) is 29.8 Å². The predicted molar refractivity (Wildman–Crippen MR) is 58.2 cm³/mol. The molecule has 0 amide bonds. The van der Waals surface area contributed by atoms with Crippen LogP contribution in [0.1, 0.15) is 11.5 Å². The first-order valence-corrected chi connectivity index (χ1v) is 5.26. The Morgan fingerprint density at radius 3 is 2.60 bits per heavy atom. The quantitative estimate of drug-likeness (QED) is 0.824. The van der Waals surface area contributed by atoms with E-state index in [0.717, 1.165) is 18.7 Å². The van der Waals surface area contributed by atoms with Gasteiger partial charge in [-0.25, -0.2) is 0 Å². The molecule has 1 fully saturated rings. The van der Waals surface area contributed by atoms with Crippen LogP contribution in [0.5, 0.6) is 0 Å². The molecule has 1 aliphatic heterocycles. The largest absolute Gasteiger partial charge is 0.481 e. The molecule has 2 rings (SSSR count). The molecule has 0 spiro atoms. The molecule has 1 heterocycles. The second-order valence-electron chi connectivity index (χ2n) is 3.76. The van der Waals surface area contributed by atoms with Crippen LogP contribution < -0.4 is 5.32 Å². The summed E-state index contributed by atoms with van der Waals surface area (Å²) in [5, 5.41) is 12.8. The van der Waals surface area contributed by atoms with E-state index in [1.165, 1.54) is 0 Å². The lowest BCUT2D eigenvalue weighted by Gasteiger charge is -2.32. The van der Waals surface area contributed by atoms with Crippen LogP contribution in [-0.2, 0) is 4.79 Å². The summed E-state index contributed by atoms with van der Waals surface area (Å²) in [4.78, 5) is 11.2. The fourth-order valence-electron chi connectivity index (χ4n) is 1.86. The van der Waals surface area contributed by atoms with Crippen LogP contribution in [0.3, 0.4) is 0 Å². The van der Waals surface area contributed by atoms with Gasteiger partial charge in [-0.05, 0) is 11.6 Å². The minimum Gasteiger partial charge on any atom is -0.481 e. The summed E-state index contributed by atoms with van der Waals surface area (Å²) in [5.41, 5.74) is 0.721. The van der Waals surface area contributed by atoms with E-state index in [1.807, 2.05) is 12.1 Å². The summed E-state index contributed by atoms with van der Waals surface area (Å²) in [6.07, 6.45) is 0. The molecule has 0 radical (unpaired) electrons. The number of carboxylic acids is 1. The number of benzene rings is 1. The molecular weight excluding hydrogens is 214 g/mol. The van der Waals surface area contributed by atoms with Gasteiger partial charge in [-0.3, -0.25) is 4.79 Å². The highest BCUT2D eigenvalue weighted by Gasteiger charge is 2.34. The summed E-state index contributed by atoms with van der Waals surface area (Å²) in [6.45, 7) is 1.50. The summed E-state index contributed by atoms with van der Waals surface area (Å²) in [7, 11) is 0. The number of aliphatic carboxylic acids is 1. The Kier molecular flexibility index (Phi) is 2.93. The third kappa shape index (κ3) is 1.98. The van der Waals surface area contributed by atoms with Gasteiger partial charge in [0, 0.05) is 24.0 Å². The normalized spacial score (nSPS) is 18.2. The van der Waals surface area contributed by atoms with E-state index in [1.54, 1.807) is 12.1 Å². The smallest absolute Gasteiger partial charge is 0.311 e. The Labute approximate surface area is 93.1 Å². The average molecular weight is 226 g/mol. The van der Waals surface area contributed by atoms with Gasteiger partial charge in [0.05, 0.1) is 5.92 Å². The lowest BCUT2D eigenvalue weighted by Crippen LogP contribution is -2.47. The van der Waals surface area contributed by atoms with Crippen LogP contribution >= 0.6 is 11.6 Å². The van der Waals surface area contributed by atoms with Crippen molar-refractivity contribution in [3.05, 3.63) is 34.9 Å². The number of nitrogens with one attached hydrogen (secondary N) is 1. The summed E-state index contributed by atoms with van der Waals surface area (Å²) in [5.74, 6) is -1.13. The topological polar surface area (TPSA) is 49.3 Å². The molecule has 3 nitrogen and oxygen atoms in total. The fourth-order valence-corrected chi connectivity index (χ4v) is 2.12. The zero-order valence-corrected chi connectivity index (χ0v) is 8.87. The monoisotopic (exact) mass is 225 g/mol. The van der Waals surface area contributed by atoms with Crippen LogP contribution in [0.25, 0.3) is 0 Å². The van der Waals surface area contributed by atoms with Crippen LogP contribution in [-0.4, -0.2) is 24.2 Å². The first-order valence-electron chi connectivity index (χ1n) is 4.88. The van der Waals surface area contributed by atoms with Gasteiger partial charge in [-0.15, -0.1) is 0 Å². The minimum absolute atomic E-state index is 0.155. The third-order valence-corrected chi connectivity index (χ3v) is 3.13. The van der Waals surface area contributed by atoms with Crippen LogP contribution in [0.2, 0.25) is 5.02 Å². The van der Waals surface area contributed by atoms with Crippen molar-refractivity contribution in [2.24, 2.45) is 5.92 Å². The third-order valence-electron chi connectivity index (χ3n) is 2.79. The van der Waals surface area contributed by atoms with Crippen molar-refractivity contribution in [1.82, 2.24) is 5.32 Å². The van der Waals surface area contributed by atoms with Gasteiger partial charge < -0.3 is 10.4 Å². The lowest BCUT2D eigenvalue weighted by atomic mass is 9.82. The zero-order chi connectivity index (χ0) is 10.8. The SMILES string of the molecule is O=C(O)C(c1ccccc1Cl)C1CNC1. The maximum absolute atomic E-state index is 11.2. The summed E-state index contributed by atoms with van der Waals surface area (Å²) in [6, 6.07) is 7.16. The van der Waals surface area contributed by atoms with Gasteiger partial charge >= 0.3 is 5.97 Å². The maximum atomic E-state index is 11.2. The first-order chi connectivity index (χ1) is 7.20. The second kappa shape index (κ2) is 4.21. The number of halogens is 1. The second-order valence-corrected chi connectivity index (χ2v) is 4.16. The highest BCUT2D eigenvalue weighted by atomic mass is 35.5. The number of carbonyl (C=O) groups is 1. The van der Waals surface area contributed by atoms with Crippen molar-refractivity contribution < 1.29 is 9.90 Å². The van der Waals surface area contributed by atoms with Crippen molar-refractivity contribution in [1.29, 1.82) is 0 Å². The number of hydrogen-bond donors (Lipinski definition) is 2. The molecule has 1 aliphatic rings. The lowest BCUT2D eigenvalue weighted by molar-refractivity contribution is -0.140. The van der Waals surface area contributed by atoms with E-state index < -0.39 is 11.9 Å². The van der Waals surface area contributed by atoms with E-state index in [4.69, 9.17) is 11.6 Å². The zero-order valence-electron chi connectivity index (χ0n) is 8.11. The molecule has 0 saturated carbocycles. The fraction of sp³-hybridized carbons (Fsp3) is 0.364. The van der Waals surface area contributed by atoms with Gasteiger partial charge in [-0.2, -0.15) is 0 Å². The van der Waals surface area contributed by atoms with E-state index in [2.05, 4.69) is 5.32 Å². The molecule has 80 valence electrons. The molecule has 1 aromatic rings. The molecule has 15 heavy (non-hydrogen) atoms. The standard InChI is InChI=1S/C11H12ClNO2/c12-9-4-2-1-3-8(9)10(11(14)15)7-5-13-6-7/h1-4,7,10,13H,5-6H2,(H,14,15). The molecule has 0 bridgehead atoms. The molecule has 1 unspecified atom stereocenters. The van der Waals surface area contributed by atoms with Crippen molar-refractivity contribution in [2.75, 3.05) is 13.1 Å². The first kappa shape index (κ1) is 10.5. The van der Waals surface area contributed by atoms with Crippen molar-refractivity contribution in [2.45, 2.75) is 5.92 Å². The molecular formula is C11H12ClNO2. The van der Waals surface area contributed by atoms with E-state index in [9.17, 15) is 9.90 Å². The summed E-state index contributed by atoms with van der Waals surface area (Å²) >= 11 is 6.00. The Morgan fingerprint density at radius 2 is 2.13 bits per heavy atom. The van der Waals surface area contributed by atoms with E-state index in [-0.39, 0.29) is 5.92 Å².